The van der Waals surface area contributed by atoms with E-state index in [2.05, 4.69) is 22.6 Å². The van der Waals surface area contributed by atoms with E-state index in [4.69, 9.17) is 16.4 Å². The third-order valence-electron chi connectivity index (χ3n) is 2.39. The lowest BCUT2D eigenvalue weighted by molar-refractivity contribution is 0.112. The molecule has 2 rings (SSSR count). The van der Waals surface area contributed by atoms with Crippen molar-refractivity contribution in [3.05, 3.63) is 34.3 Å². The molecule has 0 aromatic heterocycles. The van der Waals surface area contributed by atoms with Crippen molar-refractivity contribution < 1.29 is 4.84 Å². The number of benzene rings is 1. The second-order valence-electron chi connectivity index (χ2n) is 3.69. The Hall–Kier alpha value is -1.22. The van der Waals surface area contributed by atoms with Crippen LogP contribution < -0.4 is 5.32 Å². The van der Waals surface area contributed by atoms with Crippen LogP contribution in [0.25, 0.3) is 0 Å². The molecule has 0 saturated heterocycles. The molecule has 1 N–H and O–H groups in total. The second kappa shape index (κ2) is 4.53. The van der Waals surface area contributed by atoms with Crippen molar-refractivity contribution in [1.29, 1.82) is 0 Å². The number of aryl methyl sites for hydroxylation is 1. The number of hydrogen-bond acceptors (Lipinski definition) is 3. The fourth-order valence-corrected chi connectivity index (χ4v) is 1.87. The predicted molar refractivity (Wildman–Crippen MR) is 61.3 cm³/mol. The Morgan fingerprint density at radius 3 is 3.13 bits per heavy atom. The Morgan fingerprint density at radius 2 is 2.47 bits per heavy atom. The first-order valence-electron chi connectivity index (χ1n) is 4.90. The molecular formula is C11H13ClN2O. The first-order valence-corrected chi connectivity index (χ1v) is 5.28. The van der Waals surface area contributed by atoms with Crippen molar-refractivity contribution in [2.24, 2.45) is 5.16 Å². The summed E-state index contributed by atoms with van der Waals surface area (Å²) in [6.07, 6.45) is 2.43. The second-order valence-corrected chi connectivity index (χ2v) is 4.10. The standard InChI is InChI=1S/C11H13ClN2O/c1-8-2-3-9(11(12)4-8)5-10-6-15-14-7-13-10/h2-4,7,10H,5-6H2,1H3,(H,13,14). The summed E-state index contributed by atoms with van der Waals surface area (Å²) in [4.78, 5) is 4.98. The van der Waals surface area contributed by atoms with Gasteiger partial charge in [-0.2, -0.15) is 0 Å². The van der Waals surface area contributed by atoms with Gasteiger partial charge in [-0.05, 0) is 30.5 Å². The van der Waals surface area contributed by atoms with Gasteiger partial charge in [0.25, 0.3) is 0 Å². The van der Waals surface area contributed by atoms with Crippen LogP contribution >= 0.6 is 11.6 Å². The average molecular weight is 225 g/mol. The first kappa shape index (κ1) is 10.3. The van der Waals surface area contributed by atoms with E-state index in [9.17, 15) is 0 Å². The van der Waals surface area contributed by atoms with Crippen LogP contribution in [0.4, 0.5) is 0 Å². The summed E-state index contributed by atoms with van der Waals surface area (Å²) in [5.74, 6) is 0. The molecule has 1 aliphatic rings. The zero-order valence-corrected chi connectivity index (χ0v) is 9.29. The maximum Gasteiger partial charge on any atom is 0.137 e. The third kappa shape index (κ3) is 2.63. The molecule has 1 atom stereocenters. The van der Waals surface area contributed by atoms with E-state index in [1.807, 2.05) is 13.0 Å². The van der Waals surface area contributed by atoms with Crippen molar-refractivity contribution in [3.63, 3.8) is 0 Å². The largest absolute Gasteiger partial charge is 0.392 e. The van der Waals surface area contributed by atoms with E-state index in [-0.39, 0.29) is 6.04 Å². The van der Waals surface area contributed by atoms with Crippen LogP contribution in [0.5, 0.6) is 0 Å². The molecule has 1 aromatic carbocycles. The summed E-state index contributed by atoms with van der Waals surface area (Å²) in [5, 5.41) is 7.59. The average Bonchev–Trinajstić information content (AvgIpc) is 2.24. The summed E-state index contributed by atoms with van der Waals surface area (Å²) in [6.45, 7) is 2.62. The molecule has 0 radical (unpaired) electrons. The van der Waals surface area contributed by atoms with Gasteiger partial charge in [0.15, 0.2) is 0 Å². The highest BCUT2D eigenvalue weighted by atomic mass is 35.5. The van der Waals surface area contributed by atoms with E-state index < -0.39 is 0 Å². The Balaban J connectivity index is 2.06. The number of rotatable bonds is 2. The van der Waals surface area contributed by atoms with Crippen molar-refractivity contribution in [3.8, 4) is 0 Å². The van der Waals surface area contributed by atoms with Crippen LogP contribution in [-0.2, 0) is 11.3 Å². The molecular weight excluding hydrogens is 212 g/mol. The zero-order valence-electron chi connectivity index (χ0n) is 8.53. The van der Waals surface area contributed by atoms with Crippen LogP contribution in [0.15, 0.2) is 23.4 Å². The van der Waals surface area contributed by atoms with E-state index in [0.717, 1.165) is 17.0 Å². The molecule has 0 amide bonds. The van der Waals surface area contributed by atoms with Crippen molar-refractivity contribution in [2.75, 3.05) is 6.61 Å². The molecule has 0 spiro atoms. The van der Waals surface area contributed by atoms with E-state index >= 15 is 0 Å². The minimum Gasteiger partial charge on any atom is -0.392 e. The van der Waals surface area contributed by atoms with E-state index in [0.29, 0.717) is 6.61 Å². The Morgan fingerprint density at radius 1 is 1.60 bits per heavy atom. The van der Waals surface area contributed by atoms with Crippen LogP contribution in [0, 0.1) is 6.92 Å². The van der Waals surface area contributed by atoms with Gasteiger partial charge in [-0.1, -0.05) is 28.9 Å². The highest BCUT2D eigenvalue weighted by molar-refractivity contribution is 6.31. The van der Waals surface area contributed by atoms with Crippen LogP contribution in [0.1, 0.15) is 11.1 Å². The van der Waals surface area contributed by atoms with Gasteiger partial charge in [0.05, 0.1) is 6.04 Å². The number of hydrogen-bond donors (Lipinski definition) is 1. The molecule has 1 unspecified atom stereocenters. The quantitative estimate of drug-likeness (QED) is 0.835. The van der Waals surface area contributed by atoms with Gasteiger partial charge in [0.2, 0.25) is 0 Å². The summed E-state index contributed by atoms with van der Waals surface area (Å²) in [6, 6.07) is 6.36. The fourth-order valence-electron chi connectivity index (χ4n) is 1.56. The van der Waals surface area contributed by atoms with Gasteiger partial charge < -0.3 is 10.2 Å². The number of halogens is 1. The lowest BCUT2D eigenvalue weighted by Crippen LogP contribution is -2.37. The molecule has 1 heterocycles. The molecule has 4 heteroatoms. The molecule has 0 bridgehead atoms. The van der Waals surface area contributed by atoms with Gasteiger partial charge in [0.1, 0.15) is 12.9 Å². The Bertz CT molecular complexity index is 379. The van der Waals surface area contributed by atoms with Crippen molar-refractivity contribution >= 4 is 17.9 Å². The van der Waals surface area contributed by atoms with Gasteiger partial charge in [0, 0.05) is 5.02 Å². The predicted octanol–water partition coefficient (Wildman–Crippen LogP) is 2.12. The number of nitrogens with zero attached hydrogens (tertiary/aromatic N) is 1. The number of nitrogens with one attached hydrogen (secondary N) is 1. The van der Waals surface area contributed by atoms with Gasteiger partial charge in [-0.15, -0.1) is 0 Å². The summed E-state index contributed by atoms with van der Waals surface area (Å²) >= 11 is 6.15. The highest BCUT2D eigenvalue weighted by Gasteiger charge is 2.13. The van der Waals surface area contributed by atoms with E-state index in [1.165, 1.54) is 5.56 Å². The summed E-state index contributed by atoms with van der Waals surface area (Å²) < 4.78 is 0. The molecule has 1 aliphatic heterocycles. The van der Waals surface area contributed by atoms with Crippen LogP contribution in [0.3, 0.4) is 0 Å². The lowest BCUT2D eigenvalue weighted by Gasteiger charge is -2.19. The fraction of sp³-hybridized carbons (Fsp3) is 0.364. The van der Waals surface area contributed by atoms with Crippen LogP contribution in [0.2, 0.25) is 5.02 Å². The normalized spacial score (nSPS) is 19.5. The molecule has 1 aromatic rings. The maximum atomic E-state index is 6.15. The van der Waals surface area contributed by atoms with Gasteiger partial charge in [-0.3, -0.25) is 0 Å². The summed E-state index contributed by atoms with van der Waals surface area (Å²) in [5.41, 5.74) is 2.32. The zero-order chi connectivity index (χ0) is 10.7. The molecule has 0 fully saturated rings. The molecule has 0 aliphatic carbocycles. The maximum absolute atomic E-state index is 6.15. The molecule has 3 nitrogen and oxygen atoms in total. The molecule has 15 heavy (non-hydrogen) atoms. The highest BCUT2D eigenvalue weighted by Crippen LogP contribution is 2.19. The topological polar surface area (TPSA) is 33.6 Å². The first-order chi connectivity index (χ1) is 7.25. The molecule has 80 valence electrons. The van der Waals surface area contributed by atoms with Crippen molar-refractivity contribution in [2.45, 2.75) is 19.4 Å². The Labute approximate surface area is 94.1 Å². The van der Waals surface area contributed by atoms with Gasteiger partial charge in [-0.25, -0.2) is 0 Å². The minimum absolute atomic E-state index is 0.253. The van der Waals surface area contributed by atoms with Crippen molar-refractivity contribution in [1.82, 2.24) is 5.32 Å². The summed E-state index contributed by atoms with van der Waals surface area (Å²) in [7, 11) is 0. The third-order valence-corrected chi connectivity index (χ3v) is 2.74. The smallest absolute Gasteiger partial charge is 0.137 e. The lowest BCUT2D eigenvalue weighted by atomic mass is 10.0. The molecule has 0 saturated carbocycles. The van der Waals surface area contributed by atoms with E-state index in [1.54, 1.807) is 6.34 Å². The monoisotopic (exact) mass is 224 g/mol. The van der Waals surface area contributed by atoms with Crippen LogP contribution in [-0.4, -0.2) is 19.0 Å². The van der Waals surface area contributed by atoms with Gasteiger partial charge >= 0.3 is 0 Å². The minimum atomic E-state index is 0.253. The number of oxime groups is 1. The SMILES string of the molecule is Cc1ccc(CC2CON=CN2)c(Cl)c1. The Kier molecular flexibility index (Phi) is 3.11.